The molecule has 122 valence electrons. The van der Waals surface area contributed by atoms with Crippen LogP contribution in [0.1, 0.15) is 22.3 Å². The van der Waals surface area contributed by atoms with Gasteiger partial charge >= 0.3 is 0 Å². The highest BCUT2D eigenvalue weighted by atomic mass is 35.5. The van der Waals surface area contributed by atoms with E-state index in [0.717, 1.165) is 16.7 Å². The van der Waals surface area contributed by atoms with Crippen molar-refractivity contribution < 1.29 is 4.79 Å². The molecule has 0 saturated carbocycles. The zero-order valence-electron chi connectivity index (χ0n) is 13.7. The molecule has 0 spiro atoms. The SMILES string of the molecule is Cc1cc(C)c(/C=C2\SC(=Nc3ccccc3Cl)NC2=O)c(C)c1. The number of nitrogens with one attached hydrogen (secondary N) is 1. The van der Waals surface area contributed by atoms with E-state index in [9.17, 15) is 4.79 Å². The van der Waals surface area contributed by atoms with Gasteiger partial charge in [0.2, 0.25) is 0 Å². The monoisotopic (exact) mass is 356 g/mol. The zero-order chi connectivity index (χ0) is 17.3. The van der Waals surface area contributed by atoms with E-state index in [1.807, 2.05) is 24.3 Å². The largest absolute Gasteiger partial charge is 0.300 e. The number of aryl methyl sites for hydroxylation is 3. The van der Waals surface area contributed by atoms with E-state index in [1.165, 1.54) is 17.3 Å². The van der Waals surface area contributed by atoms with Crippen LogP contribution in [0.2, 0.25) is 5.02 Å². The molecular weight excluding hydrogens is 340 g/mol. The molecule has 3 rings (SSSR count). The molecule has 1 saturated heterocycles. The molecule has 1 aliphatic rings. The van der Waals surface area contributed by atoms with Crippen LogP contribution in [0.4, 0.5) is 5.69 Å². The average Bonchev–Trinajstić information content (AvgIpc) is 2.85. The van der Waals surface area contributed by atoms with Gasteiger partial charge < -0.3 is 5.32 Å². The molecule has 2 aromatic rings. The number of carbonyl (C=O) groups is 1. The van der Waals surface area contributed by atoms with E-state index in [0.29, 0.717) is 20.8 Å². The average molecular weight is 357 g/mol. The van der Waals surface area contributed by atoms with Gasteiger partial charge in [-0.1, -0.05) is 41.4 Å². The number of rotatable bonds is 2. The minimum atomic E-state index is -0.134. The lowest BCUT2D eigenvalue weighted by Crippen LogP contribution is -2.19. The first-order valence-corrected chi connectivity index (χ1v) is 8.75. The Morgan fingerprint density at radius 3 is 2.46 bits per heavy atom. The Bertz CT molecular complexity index is 864. The molecule has 0 aromatic heterocycles. The minimum absolute atomic E-state index is 0.134. The van der Waals surface area contributed by atoms with E-state index >= 15 is 0 Å². The van der Waals surface area contributed by atoms with Crippen LogP contribution in [-0.4, -0.2) is 11.1 Å². The Labute approximate surface area is 150 Å². The molecule has 1 fully saturated rings. The number of carbonyl (C=O) groups excluding carboxylic acids is 1. The first-order chi connectivity index (χ1) is 11.4. The highest BCUT2D eigenvalue weighted by Crippen LogP contribution is 2.31. The summed E-state index contributed by atoms with van der Waals surface area (Å²) in [6, 6.07) is 11.5. The quantitative estimate of drug-likeness (QED) is 0.755. The van der Waals surface area contributed by atoms with Crippen LogP contribution in [0, 0.1) is 20.8 Å². The van der Waals surface area contributed by atoms with Crippen molar-refractivity contribution in [1.29, 1.82) is 0 Å². The molecule has 0 unspecified atom stereocenters. The summed E-state index contributed by atoms with van der Waals surface area (Å²) in [7, 11) is 0. The van der Waals surface area contributed by atoms with Crippen molar-refractivity contribution in [3.8, 4) is 0 Å². The minimum Gasteiger partial charge on any atom is -0.300 e. The lowest BCUT2D eigenvalue weighted by Gasteiger charge is -2.07. The Morgan fingerprint density at radius 2 is 1.79 bits per heavy atom. The van der Waals surface area contributed by atoms with Crippen LogP contribution in [-0.2, 0) is 4.79 Å². The van der Waals surface area contributed by atoms with E-state index in [1.54, 1.807) is 6.07 Å². The zero-order valence-corrected chi connectivity index (χ0v) is 15.3. The summed E-state index contributed by atoms with van der Waals surface area (Å²) in [6.45, 7) is 6.19. The Balaban J connectivity index is 1.92. The lowest BCUT2D eigenvalue weighted by molar-refractivity contribution is -0.115. The number of benzene rings is 2. The molecule has 1 amide bonds. The van der Waals surface area contributed by atoms with Gasteiger partial charge in [0, 0.05) is 0 Å². The van der Waals surface area contributed by atoms with Gasteiger partial charge in [0.25, 0.3) is 5.91 Å². The number of nitrogens with zero attached hydrogens (tertiary/aromatic N) is 1. The molecule has 0 atom stereocenters. The first kappa shape index (κ1) is 16.8. The van der Waals surface area contributed by atoms with Crippen molar-refractivity contribution in [3.63, 3.8) is 0 Å². The van der Waals surface area contributed by atoms with E-state index in [-0.39, 0.29) is 5.91 Å². The third-order valence-electron chi connectivity index (χ3n) is 3.74. The van der Waals surface area contributed by atoms with Crippen LogP contribution < -0.4 is 5.32 Å². The summed E-state index contributed by atoms with van der Waals surface area (Å²) in [5, 5.41) is 3.90. The summed E-state index contributed by atoms with van der Waals surface area (Å²) >= 11 is 7.45. The number of halogens is 1. The third-order valence-corrected chi connectivity index (χ3v) is 4.97. The van der Waals surface area contributed by atoms with Gasteiger partial charge in [-0.25, -0.2) is 4.99 Å². The van der Waals surface area contributed by atoms with Crippen LogP contribution >= 0.6 is 23.4 Å². The van der Waals surface area contributed by atoms with Gasteiger partial charge in [0.05, 0.1) is 15.6 Å². The smallest absolute Gasteiger partial charge is 0.264 e. The molecule has 1 heterocycles. The fourth-order valence-corrected chi connectivity index (χ4v) is 3.68. The summed E-state index contributed by atoms with van der Waals surface area (Å²) in [5.41, 5.74) is 5.26. The van der Waals surface area contributed by atoms with Gasteiger partial charge in [0.1, 0.15) is 0 Å². The second-order valence-electron chi connectivity index (χ2n) is 5.75. The third kappa shape index (κ3) is 3.55. The highest BCUT2D eigenvalue weighted by Gasteiger charge is 2.24. The molecular formula is C19H17ClN2OS. The van der Waals surface area contributed by atoms with Crippen molar-refractivity contribution in [1.82, 2.24) is 5.32 Å². The van der Waals surface area contributed by atoms with Gasteiger partial charge in [-0.2, -0.15) is 0 Å². The molecule has 0 aliphatic carbocycles. The number of para-hydroxylation sites is 1. The van der Waals surface area contributed by atoms with Gasteiger partial charge in [0.15, 0.2) is 5.17 Å². The van der Waals surface area contributed by atoms with E-state index < -0.39 is 0 Å². The fourth-order valence-electron chi connectivity index (χ4n) is 2.68. The van der Waals surface area contributed by atoms with Crippen molar-refractivity contribution in [2.45, 2.75) is 20.8 Å². The molecule has 0 bridgehead atoms. The van der Waals surface area contributed by atoms with Crippen LogP contribution in [0.15, 0.2) is 46.3 Å². The van der Waals surface area contributed by atoms with Crippen molar-refractivity contribution in [2.24, 2.45) is 4.99 Å². The molecule has 2 aromatic carbocycles. The van der Waals surface area contributed by atoms with Gasteiger partial charge in [-0.05, 0) is 67.4 Å². The Kier molecular flexibility index (Phi) is 4.78. The number of amides is 1. The topological polar surface area (TPSA) is 41.5 Å². The maximum atomic E-state index is 12.2. The molecule has 3 nitrogen and oxygen atoms in total. The summed E-state index contributed by atoms with van der Waals surface area (Å²) in [5.74, 6) is -0.134. The van der Waals surface area contributed by atoms with Crippen molar-refractivity contribution >= 4 is 46.2 Å². The number of amidine groups is 1. The highest BCUT2D eigenvalue weighted by molar-refractivity contribution is 8.18. The van der Waals surface area contributed by atoms with Crippen LogP contribution in [0.3, 0.4) is 0 Å². The van der Waals surface area contributed by atoms with Gasteiger partial charge in [-0.3, -0.25) is 4.79 Å². The molecule has 0 radical (unpaired) electrons. The van der Waals surface area contributed by atoms with Crippen molar-refractivity contribution in [3.05, 3.63) is 68.6 Å². The summed E-state index contributed by atoms with van der Waals surface area (Å²) in [4.78, 5) is 17.3. The molecule has 1 aliphatic heterocycles. The molecule has 24 heavy (non-hydrogen) atoms. The number of hydrogen-bond donors (Lipinski definition) is 1. The maximum absolute atomic E-state index is 12.2. The second-order valence-corrected chi connectivity index (χ2v) is 7.18. The Hall–Kier alpha value is -2.04. The maximum Gasteiger partial charge on any atom is 0.264 e. The van der Waals surface area contributed by atoms with E-state index in [4.69, 9.17) is 11.6 Å². The number of thioether (sulfide) groups is 1. The predicted molar refractivity (Wildman–Crippen MR) is 103 cm³/mol. The normalized spacial score (nSPS) is 17.6. The van der Waals surface area contributed by atoms with Crippen molar-refractivity contribution in [2.75, 3.05) is 0 Å². The standard InChI is InChI=1S/C19H17ClN2OS/c1-11-8-12(2)14(13(3)9-11)10-17-18(23)22-19(24-17)21-16-7-5-4-6-15(16)20/h4-10H,1-3H3,(H,21,22,23)/b17-10-. The van der Waals surface area contributed by atoms with Crippen LogP contribution in [0.5, 0.6) is 0 Å². The summed E-state index contributed by atoms with van der Waals surface area (Å²) in [6.07, 6.45) is 1.93. The number of aliphatic imine (C=N–C) groups is 1. The molecule has 5 heteroatoms. The number of hydrogen-bond acceptors (Lipinski definition) is 3. The van der Waals surface area contributed by atoms with E-state index in [2.05, 4.69) is 43.2 Å². The summed E-state index contributed by atoms with van der Waals surface area (Å²) < 4.78 is 0. The van der Waals surface area contributed by atoms with Crippen LogP contribution in [0.25, 0.3) is 6.08 Å². The van der Waals surface area contributed by atoms with Gasteiger partial charge in [-0.15, -0.1) is 0 Å². The fraction of sp³-hybridized carbons (Fsp3) is 0.158. The second kappa shape index (κ2) is 6.83. The lowest BCUT2D eigenvalue weighted by atomic mass is 9.99. The predicted octanol–water partition coefficient (Wildman–Crippen LogP) is 5.16. The molecule has 1 N–H and O–H groups in total. The Morgan fingerprint density at radius 1 is 1.12 bits per heavy atom. The first-order valence-electron chi connectivity index (χ1n) is 7.56.